The third kappa shape index (κ3) is 7.39. The minimum atomic E-state index is -1.00. The van der Waals surface area contributed by atoms with Gasteiger partial charge < -0.3 is 28.9 Å². The molecule has 56 heavy (non-hydrogen) atoms. The maximum atomic E-state index is 15.1. The molecule has 0 spiro atoms. The van der Waals surface area contributed by atoms with Crippen LogP contribution in [0.4, 0.5) is 10.5 Å². The van der Waals surface area contributed by atoms with Crippen LogP contribution in [0.5, 0.6) is 5.75 Å². The molecule has 8 rings (SSSR count). The van der Waals surface area contributed by atoms with E-state index in [9.17, 15) is 14.7 Å². The van der Waals surface area contributed by atoms with Crippen molar-refractivity contribution in [3.63, 3.8) is 0 Å². The zero-order valence-electron chi connectivity index (χ0n) is 32.1. The Balaban J connectivity index is 1.12. The fourth-order valence-corrected chi connectivity index (χ4v) is 8.18. The maximum absolute atomic E-state index is 15.1. The van der Waals surface area contributed by atoms with E-state index < -0.39 is 6.09 Å². The zero-order valence-corrected chi connectivity index (χ0v) is 32.1. The summed E-state index contributed by atoms with van der Waals surface area (Å²) in [6, 6.07) is 31.4. The van der Waals surface area contributed by atoms with Crippen LogP contribution >= 0.6 is 0 Å². The van der Waals surface area contributed by atoms with Gasteiger partial charge in [-0.05, 0) is 83.6 Å². The van der Waals surface area contributed by atoms with Crippen molar-refractivity contribution in [3.8, 4) is 17.0 Å². The molecule has 0 radical (unpaired) electrons. The lowest BCUT2D eigenvalue weighted by Crippen LogP contribution is -2.52. The van der Waals surface area contributed by atoms with Crippen molar-refractivity contribution in [3.05, 3.63) is 142 Å². The molecule has 1 saturated heterocycles. The Morgan fingerprint density at radius 1 is 0.821 bits per heavy atom. The van der Waals surface area contributed by atoms with Crippen LogP contribution in [-0.4, -0.2) is 88.2 Å². The first-order chi connectivity index (χ1) is 27.1. The Morgan fingerprint density at radius 2 is 1.50 bits per heavy atom. The molecule has 1 fully saturated rings. The van der Waals surface area contributed by atoms with Crippen LogP contribution in [0.1, 0.15) is 54.2 Å². The summed E-state index contributed by atoms with van der Waals surface area (Å²) in [6.45, 7) is 6.96. The number of aromatic nitrogens is 1. The summed E-state index contributed by atoms with van der Waals surface area (Å²) in [5.74, 6) is 0.408. The van der Waals surface area contributed by atoms with Crippen LogP contribution in [-0.2, 0) is 44.4 Å². The quantitative estimate of drug-likeness (QED) is 0.178. The highest BCUT2D eigenvalue weighted by molar-refractivity contribution is 6.08. The van der Waals surface area contributed by atoms with Crippen molar-refractivity contribution in [1.29, 1.82) is 0 Å². The van der Waals surface area contributed by atoms with Crippen molar-refractivity contribution in [2.45, 2.75) is 45.6 Å². The normalized spacial score (nSPS) is 16.7. The third-order valence-corrected chi connectivity index (χ3v) is 11.6. The molecule has 3 aliphatic heterocycles. The van der Waals surface area contributed by atoms with E-state index in [2.05, 4.69) is 23.1 Å². The summed E-state index contributed by atoms with van der Waals surface area (Å²) in [5.41, 5.74) is 8.99. The molecule has 4 aromatic carbocycles. The highest BCUT2D eigenvalue weighted by Crippen LogP contribution is 2.37. The molecule has 1 atom stereocenters. The Bertz CT molecular complexity index is 2260. The number of carbonyl (C=O) groups excluding carboxylic acids is 2. The fourth-order valence-electron chi connectivity index (χ4n) is 8.18. The number of carbonyl (C=O) groups is 3. The Morgan fingerprint density at radius 3 is 2.21 bits per heavy atom. The number of morpholine rings is 1. The first-order valence-corrected chi connectivity index (χ1v) is 19.2. The van der Waals surface area contributed by atoms with E-state index in [4.69, 9.17) is 9.47 Å². The molecule has 11 nitrogen and oxygen atoms in total. The molecule has 288 valence electrons. The lowest BCUT2D eigenvalue weighted by Gasteiger charge is -2.40. The lowest BCUT2D eigenvalue weighted by molar-refractivity contribution is 0.0193. The van der Waals surface area contributed by atoms with E-state index in [1.165, 1.54) is 10.5 Å². The summed E-state index contributed by atoms with van der Waals surface area (Å²) < 4.78 is 13.6. The molecular formula is C45H47N5O6. The number of hydrogen-bond donors (Lipinski definition) is 1. The standard InChI is InChI=1S/C45H47N5O6/c1-30-39(43(51)47(3)36-13-15-38(16-14-36)56-29-31-9-5-4-6-10-31)24-42(46(30)2)40-22-34-25-49(45(53)54)26-35(34)23-41(40)44(52)50-27-33-12-8-7-11-32(33)21-37(50)28-48-17-19-55-20-18-48/h4-16,22-24,37H,17-21,25-29H2,1-3H3,(H,53,54)/t37-/m0/s1. The van der Waals surface area contributed by atoms with Crippen LogP contribution in [0.15, 0.2) is 97.1 Å². The van der Waals surface area contributed by atoms with Gasteiger partial charge in [-0.25, -0.2) is 4.79 Å². The molecule has 0 aliphatic carbocycles. The van der Waals surface area contributed by atoms with Crippen molar-refractivity contribution < 1.29 is 29.0 Å². The van der Waals surface area contributed by atoms with E-state index in [1.807, 2.05) is 102 Å². The topological polar surface area (TPSA) is 108 Å². The molecule has 1 N–H and O–H groups in total. The smallest absolute Gasteiger partial charge is 0.407 e. The number of nitrogens with zero attached hydrogens (tertiary/aromatic N) is 5. The third-order valence-electron chi connectivity index (χ3n) is 11.6. The second kappa shape index (κ2) is 15.7. The van der Waals surface area contributed by atoms with Gasteiger partial charge in [0.25, 0.3) is 11.8 Å². The van der Waals surface area contributed by atoms with Gasteiger partial charge in [-0.1, -0.05) is 54.6 Å². The molecule has 0 saturated carbocycles. The van der Waals surface area contributed by atoms with E-state index in [-0.39, 0.29) is 30.9 Å². The summed E-state index contributed by atoms with van der Waals surface area (Å²) in [4.78, 5) is 48.8. The largest absolute Gasteiger partial charge is 0.489 e. The van der Waals surface area contributed by atoms with Gasteiger partial charge in [0, 0.05) is 87.6 Å². The van der Waals surface area contributed by atoms with Gasteiger partial charge in [-0.3, -0.25) is 19.4 Å². The number of benzene rings is 4. The zero-order chi connectivity index (χ0) is 38.9. The Hall–Kier alpha value is -5.91. The number of carboxylic acid groups (broad SMARTS) is 1. The first kappa shape index (κ1) is 37.0. The molecule has 3 amide bonds. The number of rotatable bonds is 9. The average molecular weight is 754 g/mol. The highest BCUT2D eigenvalue weighted by Gasteiger charge is 2.35. The minimum Gasteiger partial charge on any atom is -0.489 e. The van der Waals surface area contributed by atoms with Gasteiger partial charge >= 0.3 is 6.09 Å². The number of amides is 3. The van der Waals surface area contributed by atoms with Gasteiger partial charge in [0.2, 0.25) is 0 Å². The molecule has 5 aromatic rings. The summed E-state index contributed by atoms with van der Waals surface area (Å²) >= 11 is 0. The van der Waals surface area contributed by atoms with Crippen LogP contribution < -0.4 is 9.64 Å². The molecule has 11 heteroatoms. The molecule has 4 heterocycles. The van der Waals surface area contributed by atoms with Crippen LogP contribution in [0, 0.1) is 6.92 Å². The second-order valence-corrected chi connectivity index (χ2v) is 15.0. The van der Waals surface area contributed by atoms with E-state index in [1.54, 1.807) is 11.9 Å². The predicted octanol–water partition coefficient (Wildman–Crippen LogP) is 6.75. The second-order valence-electron chi connectivity index (χ2n) is 15.0. The van der Waals surface area contributed by atoms with Crippen LogP contribution in [0.3, 0.4) is 0 Å². The summed E-state index contributed by atoms with van der Waals surface area (Å²) in [6.07, 6.45) is -0.268. The van der Waals surface area contributed by atoms with Crippen molar-refractivity contribution in [2.75, 3.05) is 44.8 Å². The van der Waals surface area contributed by atoms with Crippen molar-refractivity contribution in [1.82, 2.24) is 19.3 Å². The molecule has 1 aromatic heterocycles. The van der Waals surface area contributed by atoms with E-state index in [0.29, 0.717) is 60.2 Å². The minimum absolute atomic E-state index is 0.0665. The van der Waals surface area contributed by atoms with Gasteiger partial charge in [-0.2, -0.15) is 0 Å². The first-order valence-electron chi connectivity index (χ1n) is 19.2. The van der Waals surface area contributed by atoms with Crippen molar-refractivity contribution >= 4 is 23.6 Å². The average Bonchev–Trinajstić information content (AvgIpc) is 3.79. The van der Waals surface area contributed by atoms with Gasteiger partial charge in [0.15, 0.2) is 0 Å². The van der Waals surface area contributed by atoms with E-state index >= 15 is 4.79 Å². The van der Waals surface area contributed by atoms with Crippen molar-refractivity contribution in [2.24, 2.45) is 7.05 Å². The van der Waals surface area contributed by atoms with E-state index in [0.717, 1.165) is 54.0 Å². The Labute approximate surface area is 327 Å². The van der Waals surface area contributed by atoms with Gasteiger partial charge in [0.1, 0.15) is 12.4 Å². The predicted molar refractivity (Wildman–Crippen MR) is 214 cm³/mol. The van der Waals surface area contributed by atoms with Crippen LogP contribution in [0.25, 0.3) is 11.3 Å². The lowest BCUT2D eigenvalue weighted by atomic mass is 9.91. The maximum Gasteiger partial charge on any atom is 0.407 e. The van der Waals surface area contributed by atoms with Gasteiger partial charge in [-0.15, -0.1) is 0 Å². The monoisotopic (exact) mass is 753 g/mol. The molecule has 0 unspecified atom stereocenters. The SMILES string of the molecule is Cc1c(C(=O)N(C)c2ccc(OCc3ccccc3)cc2)cc(-c2cc3c(cc2C(=O)N2Cc4ccccc4C[C@H]2CN2CCOCC2)CN(C(=O)O)C3)n1C. The molecule has 3 aliphatic rings. The molecular weight excluding hydrogens is 707 g/mol. The fraction of sp³-hybridized carbons (Fsp3) is 0.311. The number of hydrogen-bond acceptors (Lipinski definition) is 6. The van der Waals surface area contributed by atoms with Gasteiger partial charge in [0.05, 0.1) is 18.8 Å². The number of anilines is 1. The highest BCUT2D eigenvalue weighted by atomic mass is 16.5. The summed E-state index contributed by atoms with van der Waals surface area (Å²) in [7, 11) is 3.66. The molecule has 0 bridgehead atoms. The number of fused-ring (bicyclic) bond motifs is 2. The van der Waals surface area contributed by atoms with Crippen LogP contribution in [0.2, 0.25) is 0 Å². The Kier molecular flexibility index (Phi) is 10.4. The number of ether oxygens (including phenoxy) is 2. The summed E-state index contributed by atoms with van der Waals surface area (Å²) in [5, 5.41) is 9.90.